The number of hydrogen-bond donors (Lipinski definition) is 2. The average molecular weight is 550 g/mol. The van der Waals surface area contributed by atoms with Crippen LogP contribution in [0.4, 0.5) is 5.82 Å². The minimum absolute atomic E-state index is 0.00331. The van der Waals surface area contributed by atoms with Crippen LogP contribution in [0.1, 0.15) is 6.92 Å². The first-order chi connectivity index (χ1) is 18.3. The topological polar surface area (TPSA) is 165 Å². The van der Waals surface area contributed by atoms with Gasteiger partial charge in [-0.1, -0.05) is 12.1 Å². The highest BCUT2D eigenvalue weighted by Crippen LogP contribution is 2.40. The summed E-state index contributed by atoms with van der Waals surface area (Å²) in [5.41, 5.74) is 0. The third kappa shape index (κ3) is 7.14. The molecule has 0 radical (unpaired) electrons. The molecule has 0 unspecified atom stereocenters. The minimum atomic E-state index is -4.29. The van der Waals surface area contributed by atoms with Crippen molar-refractivity contribution in [2.45, 2.75) is 11.8 Å². The quantitative estimate of drug-likeness (QED) is 0.283. The number of rotatable bonds is 14. The Hall–Kier alpha value is -4.30. The van der Waals surface area contributed by atoms with Gasteiger partial charge in [0.15, 0.2) is 35.4 Å². The van der Waals surface area contributed by atoms with Gasteiger partial charge in [0.2, 0.25) is 5.75 Å². The lowest BCUT2D eigenvalue weighted by Crippen LogP contribution is -2.17. The number of benzene rings is 2. The van der Waals surface area contributed by atoms with E-state index in [0.29, 0.717) is 5.75 Å². The van der Waals surface area contributed by atoms with Gasteiger partial charge in [0.1, 0.15) is 12.9 Å². The molecule has 0 aliphatic carbocycles. The molecule has 0 atom stereocenters. The van der Waals surface area contributed by atoms with Crippen molar-refractivity contribution in [2.75, 3.05) is 45.4 Å². The van der Waals surface area contributed by atoms with Crippen LogP contribution in [0.5, 0.6) is 34.6 Å². The Labute approximate surface area is 219 Å². The lowest BCUT2D eigenvalue weighted by molar-refractivity contribution is -0.145. The summed E-state index contributed by atoms with van der Waals surface area (Å²) in [5.74, 6) is -0.361. The van der Waals surface area contributed by atoms with Gasteiger partial charge in [-0.25, -0.2) is 18.2 Å². The normalized spacial score (nSPS) is 10.8. The van der Waals surface area contributed by atoms with E-state index in [0.717, 1.165) is 6.33 Å². The van der Waals surface area contributed by atoms with Gasteiger partial charge in [-0.15, -0.1) is 0 Å². The summed E-state index contributed by atoms with van der Waals surface area (Å²) in [7, 11) is -1.47. The summed E-state index contributed by atoms with van der Waals surface area (Å²) in [6.07, 6.45) is 1.07. The maximum Gasteiger partial charge on any atom is 0.344 e. The summed E-state index contributed by atoms with van der Waals surface area (Å²) in [6.45, 7) is 0.913. The molecule has 3 aromatic rings. The maximum absolute atomic E-state index is 13.3. The van der Waals surface area contributed by atoms with E-state index in [1.807, 2.05) is 0 Å². The van der Waals surface area contributed by atoms with Crippen molar-refractivity contribution in [1.29, 1.82) is 0 Å². The number of para-hydroxylation sites is 2. The third-order valence-electron chi connectivity index (χ3n) is 4.71. The summed E-state index contributed by atoms with van der Waals surface area (Å²) >= 11 is 0. The van der Waals surface area contributed by atoms with E-state index in [1.54, 1.807) is 31.2 Å². The molecule has 204 valence electrons. The second kappa shape index (κ2) is 13.3. The molecule has 0 bridgehead atoms. The first-order valence-electron chi connectivity index (χ1n) is 11.2. The Morgan fingerprint density at radius 3 is 2.37 bits per heavy atom. The second-order valence-corrected chi connectivity index (χ2v) is 8.88. The fourth-order valence-electron chi connectivity index (χ4n) is 3.04. The summed E-state index contributed by atoms with van der Waals surface area (Å²) in [5, 5.41) is 9.18. The number of ether oxygens (including phenoxy) is 6. The highest BCUT2D eigenvalue weighted by Gasteiger charge is 2.24. The van der Waals surface area contributed by atoms with Crippen LogP contribution in [0.25, 0.3) is 0 Å². The molecule has 0 saturated heterocycles. The molecule has 14 heteroatoms. The molecule has 0 aliphatic rings. The molecule has 0 fully saturated rings. The van der Waals surface area contributed by atoms with Gasteiger partial charge in [0, 0.05) is 6.07 Å². The number of nitrogens with one attached hydrogen (secondary N) is 1. The Kier molecular flexibility index (Phi) is 9.90. The number of anilines is 1. The fourth-order valence-corrected chi connectivity index (χ4v) is 4.07. The number of aromatic nitrogens is 2. The van der Waals surface area contributed by atoms with Crippen LogP contribution in [0, 0.1) is 0 Å². The monoisotopic (exact) mass is 549 g/mol. The van der Waals surface area contributed by atoms with Gasteiger partial charge in [0.25, 0.3) is 15.9 Å². The van der Waals surface area contributed by atoms with Gasteiger partial charge in [-0.05, 0) is 31.2 Å². The van der Waals surface area contributed by atoms with E-state index in [-0.39, 0.29) is 59.4 Å². The summed E-state index contributed by atoms with van der Waals surface area (Å²) in [4.78, 5) is 19.5. The van der Waals surface area contributed by atoms with Crippen molar-refractivity contribution in [3.05, 3.63) is 48.8 Å². The van der Waals surface area contributed by atoms with E-state index < -0.39 is 22.6 Å². The SMILES string of the molecule is CCOC(=O)COc1cc(S(=O)(=O)Nc2ncnc(OCCO)c2Oc2ccccc2OC)ccc1OC. The third-order valence-corrected chi connectivity index (χ3v) is 6.05. The van der Waals surface area contributed by atoms with Crippen molar-refractivity contribution < 1.29 is 46.7 Å². The molecule has 0 saturated carbocycles. The Balaban J connectivity index is 1.97. The van der Waals surface area contributed by atoms with Gasteiger partial charge in [0.05, 0.1) is 32.3 Å². The molecule has 2 aromatic carbocycles. The lowest BCUT2D eigenvalue weighted by Gasteiger charge is -2.17. The van der Waals surface area contributed by atoms with E-state index >= 15 is 0 Å². The minimum Gasteiger partial charge on any atom is -0.493 e. The molecule has 0 aliphatic heterocycles. The standard InChI is InChI=1S/C24H27N3O10S/c1-4-34-21(29)14-36-20-13-16(9-10-18(20)33-3)38(30,31)27-23-22(24(26-15-25-23)35-12-11-28)37-19-8-6-5-7-17(19)32-2/h5-10,13,15,28H,4,11-12,14H2,1-3H3,(H,25,26,27). The van der Waals surface area contributed by atoms with Crippen molar-refractivity contribution in [3.63, 3.8) is 0 Å². The first-order valence-corrected chi connectivity index (χ1v) is 12.7. The highest BCUT2D eigenvalue weighted by molar-refractivity contribution is 7.92. The molecule has 2 N–H and O–H groups in total. The van der Waals surface area contributed by atoms with Crippen LogP contribution in [-0.4, -0.2) is 70.1 Å². The molecule has 13 nitrogen and oxygen atoms in total. The Morgan fingerprint density at radius 1 is 0.974 bits per heavy atom. The molecule has 0 spiro atoms. The predicted molar refractivity (Wildman–Crippen MR) is 134 cm³/mol. The molecule has 0 amide bonds. The summed E-state index contributed by atoms with van der Waals surface area (Å²) in [6, 6.07) is 10.5. The number of carbonyl (C=O) groups is 1. The van der Waals surface area contributed by atoms with Crippen LogP contribution in [0.2, 0.25) is 0 Å². The molecule has 38 heavy (non-hydrogen) atoms. The second-order valence-electron chi connectivity index (χ2n) is 7.19. The van der Waals surface area contributed by atoms with E-state index in [4.69, 9.17) is 28.4 Å². The molecular formula is C24H27N3O10S. The van der Waals surface area contributed by atoms with Gasteiger partial charge >= 0.3 is 5.97 Å². The Morgan fingerprint density at radius 2 is 1.68 bits per heavy atom. The first kappa shape index (κ1) is 28.3. The largest absolute Gasteiger partial charge is 0.493 e. The zero-order chi connectivity index (χ0) is 27.5. The molecule has 1 heterocycles. The lowest BCUT2D eigenvalue weighted by atomic mass is 10.3. The number of aliphatic hydroxyl groups excluding tert-OH is 1. The van der Waals surface area contributed by atoms with Crippen molar-refractivity contribution in [2.24, 2.45) is 0 Å². The zero-order valence-electron chi connectivity index (χ0n) is 20.9. The van der Waals surface area contributed by atoms with Crippen molar-refractivity contribution in [1.82, 2.24) is 9.97 Å². The van der Waals surface area contributed by atoms with Gasteiger partial charge in [-0.2, -0.15) is 4.98 Å². The number of esters is 1. The summed E-state index contributed by atoms with van der Waals surface area (Å²) < 4.78 is 61.1. The van der Waals surface area contributed by atoms with Crippen LogP contribution >= 0.6 is 0 Å². The fraction of sp³-hybridized carbons (Fsp3) is 0.292. The molecule has 1 aromatic heterocycles. The van der Waals surface area contributed by atoms with E-state index in [1.165, 1.54) is 32.4 Å². The van der Waals surface area contributed by atoms with Crippen LogP contribution in [0.3, 0.4) is 0 Å². The zero-order valence-corrected chi connectivity index (χ0v) is 21.7. The highest BCUT2D eigenvalue weighted by atomic mass is 32.2. The number of aliphatic hydroxyl groups is 1. The number of sulfonamides is 1. The van der Waals surface area contributed by atoms with Crippen LogP contribution < -0.4 is 28.4 Å². The number of methoxy groups -OCH3 is 2. The van der Waals surface area contributed by atoms with Crippen molar-refractivity contribution in [3.8, 4) is 34.6 Å². The predicted octanol–water partition coefficient (Wildman–Crippen LogP) is 2.40. The van der Waals surface area contributed by atoms with Crippen LogP contribution in [-0.2, 0) is 19.6 Å². The smallest absolute Gasteiger partial charge is 0.344 e. The van der Waals surface area contributed by atoms with Gasteiger partial charge in [-0.3, -0.25) is 4.72 Å². The van der Waals surface area contributed by atoms with Gasteiger partial charge < -0.3 is 33.5 Å². The Bertz CT molecular complexity index is 1350. The number of hydrogen-bond acceptors (Lipinski definition) is 12. The average Bonchev–Trinajstić information content (AvgIpc) is 2.92. The molecular weight excluding hydrogens is 522 g/mol. The van der Waals surface area contributed by atoms with Crippen molar-refractivity contribution >= 4 is 21.8 Å². The van der Waals surface area contributed by atoms with Crippen LogP contribution in [0.15, 0.2) is 53.7 Å². The number of nitrogens with zero attached hydrogens (tertiary/aromatic N) is 2. The molecule has 3 rings (SSSR count). The van der Waals surface area contributed by atoms with E-state index in [9.17, 15) is 18.3 Å². The maximum atomic E-state index is 13.3. The van der Waals surface area contributed by atoms with E-state index in [2.05, 4.69) is 14.7 Å². The number of carbonyl (C=O) groups excluding carboxylic acids is 1.